The number of hydrogen-bond donors (Lipinski definition) is 1. The molecule has 7 heteroatoms. The summed E-state index contributed by atoms with van der Waals surface area (Å²) in [6.45, 7) is 7.62. The molecular formula is C19H27N5O2. The average Bonchev–Trinajstić information content (AvgIpc) is 3.17. The molecule has 140 valence electrons. The van der Waals surface area contributed by atoms with Crippen LogP contribution in [-0.4, -0.2) is 40.2 Å². The Hall–Kier alpha value is -2.44. The van der Waals surface area contributed by atoms with Crippen molar-refractivity contribution >= 4 is 11.7 Å². The van der Waals surface area contributed by atoms with Crippen LogP contribution in [0.1, 0.15) is 45.9 Å². The van der Waals surface area contributed by atoms with Crippen molar-refractivity contribution in [2.45, 2.75) is 52.5 Å². The smallest absolute Gasteiger partial charge is 0.226 e. The number of piperidine rings is 1. The molecular weight excluding hydrogens is 330 g/mol. The summed E-state index contributed by atoms with van der Waals surface area (Å²) in [6, 6.07) is 4.03. The molecule has 26 heavy (non-hydrogen) atoms. The Morgan fingerprint density at radius 2 is 2.31 bits per heavy atom. The van der Waals surface area contributed by atoms with Gasteiger partial charge in [-0.3, -0.25) is 4.79 Å². The molecule has 0 aromatic carbocycles. The van der Waals surface area contributed by atoms with Gasteiger partial charge in [-0.25, -0.2) is 4.98 Å². The minimum atomic E-state index is -0.0240. The van der Waals surface area contributed by atoms with Crippen molar-refractivity contribution in [1.82, 2.24) is 20.4 Å². The van der Waals surface area contributed by atoms with E-state index in [0.717, 1.165) is 37.2 Å². The van der Waals surface area contributed by atoms with Crippen LogP contribution in [0.15, 0.2) is 22.9 Å². The van der Waals surface area contributed by atoms with Gasteiger partial charge >= 0.3 is 0 Å². The lowest BCUT2D eigenvalue weighted by Crippen LogP contribution is -2.45. The first-order chi connectivity index (χ1) is 12.6. The summed E-state index contributed by atoms with van der Waals surface area (Å²) < 4.78 is 5.25. The Kier molecular flexibility index (Phi) is 5.85. The van der Waals surface area contributed by atoms with Crippen LogP contribution in [0.25, 0.3) is 11.4 Å². The van der Waals surface area contributed by atoms with Gasteiger partial charge in [-0.05, 0) is 38.3 Å². The Bertz CT molecular complexity index is 745. The molecule has 1 saturated heterocycles. The van der Waals surface area contributed by atoms with Gasteiger partial charge < -0.3 is 14.7 Å². The number of nitrogens with one attached hydrogen (secondary N) is 1. The van der Waals surface area contributed by atoms with Gasteiger partial charge in [0.2, 0.25) is 17.6 Å². The van der Waals surface area contributed by atoms with Gasteiger partial charge in [0.15, 0.2) is 0 Å². The predicted octanol–water partition coefficient (Wildman–Crippen LogP) is 2.83. The maximum atomic E-state index is 12.5. The van der Waals surface area contributed by atoms with Gasteiger partial charge in [-0.15, -0.1) is 0 Å². The Morgan fingerprint density at radius 1 is 1.46 bits per heavy atom. The minimum absolute atomic E-state index is 0.0240. The molecule has 3 rings (SSSR count). The van der Waals surface area contributed by atoms with Crippen molar-refractivity contribution in [2.75, 3.05) is 18.0 Å². The number of anilines is 1. The van der Waals surface area contributed by atoms with Gasteiger partial charge in [0.1, 0.15) is 5.82 Å². The maximum absolute atomic E-state index is 12.5. The van der Waals surface area contributed by atoms with Crippen LogP contribution in [0.2, 0.25) is 0 Å². The second-order valence-corrected chi connectivity index (χ2v) is 6.84. The first-order valence-corrected chi connectivity index (χ1v) is 9.45. The molecule has 7 nitrogen and oxygen atoms in total. The van der Waals surface area contributed by atoms with E-state index in [2.05, 4.69) is 32.3 Å². The molecule has 2 atom stereocenters. The zero-order chi connectivity index (χ0) is 18.5. The Balaban J connectivity index is 1.79. The number of amides is 1. The average molecular weight is 357 g/mol. The third-order valence-electron chi connectivity index (χ3n) is 4.89. The predicted molar refractivity (Wildman–Crippen MR) is 99.7 cm³/mol. The molecule has 3 heterocycles. The van der Waals surface area contributed by atoms with Crippen molar-refractivity contribution in [3.63, 3.8) is 0 Å². The lowest BCUT2D eigenvalue weighted by molar-refractivity contribution is -0.125. The van der Waals surface area contributed by atoms with Crippen LogP contribution in [0.4, 0.5) is 5.82 Å². The Labute approximate surface area is 154 Å². The first-order valence-electron chi connectivity index (χ1n) is 9.45. The van der Waals surface area contributed by atoms with Crippen molar-refractivity contribution < 1.29 is 9.32 Å². The second-order valence-electron chi connectivity index (χ2n) is 6.84. The number of aromatic nitrogens is 3. The summed E-state index contributed by atoms with van der Waals surface area (Å²) in [4.78, 5) is 23.7. The summed E-state index contributed by atoms with van der Waals surface area (Å²) >= 11 is 0. The van der Waals surface area contributed by atoms with Gasteiger partial charge in [0.05, 0.1) is 11.5 Å². The maximum Gasteiger partial charge on any atom is 0.226 e. The van der Waals surface area contributed by atoms with E-state index in [1.807, 2.05) is 26.0 Å². The molecule has 0 spiro atoms. The van der Waals surface area contributed by atoms with Gasteiger partial charge in [-0.2, -0.15) is 4.98 Å². The highest BCUT2D eigenvalue weighted by Crippen LogP contribution is 2.30. The van der Waals surface area contributed by atoms with Crippen molar-refractivity contribution in [2.24, 2.45) is 5.92 Å². The molecule has 1 fully saturated rings. The lowest BCUT2D eigenvalue weighted by atomic mass is 9.96. The molecule has 0 unspecified atom stereocenters. The molecule has 1 amide bonds. The summed E-state index contributed by atoms with van der Waals surface area (Å²) in [5.74, 6) is 2.09. The van der Waals surface area contributed by atoms with Gasteiger partial charge in [-0.1, -0.05) is 19.0 Å². The van der Waals surface area contributed by atoms with Crippen LogP contribution in [0.5, 0.6) is 0 Å². The van der Waals surface area contributed by atoms with E-state index in [1.165, 1.54) is 0 Å². The zero-order valence-electron chi connectivity index (χ0n) is 15.7. The van der Waals surface area contributed by atoms with Crippen LogP contribution in [0.3, 0.4) is 0 Å². The third kappa shape index (κ3) is 4.03. The van der Waals surface area contributed by atoms with E-state index in [-0.39, 0.29) is 17.9 Å². The molecule has 1 N–H and O–H groups in total. The summed E-state index contributed by atoms with van der Waals surface area (Å²) in [5, 5.41) is 7.19. The van der Waals surface area contributed by atoms with Crippen LogP contribution < -0.4 is 10.2 Å². The van der Waals surface area contributed by atoms with Crippen LogP contribution in [-0.2, 0) is 11.2 Å². The van der Waals surface area contributed by atoms with Crippen molar-refractivity contribution in [3.05, 3.63) is 24.2 Å². The number of hydrogen-bond acceptors (Lipinski definition) is 6. The number of nitrogens with zero attached hydrogens (tertiary/aromatic N) is 4. The van der Waals surface area contributed by atoms with Crippen molar-refractivity contribution in [1.29, 1.82) is 0 Å². The van der Waals surface area contributed by atoms with Gasteiger partial charge in [0, 0.05) is 31.7 Å². The fourth-order valence-corrected chi connectivity index (χ4v) is 3.18. The van der Waals surface area contributed by atoms with E-state index < -0.39 is 0 Å². The molecule has 0 radical (unpaired) electrons. The van der Waals surface area contributed by atoms with Gasteiger partial charge in [0.25, 0.3) is 0 Å². The highest BCUT2D eigenvalue weighted by molar-refractivity contribution is 5.80. The highest BCUT2D eigenvalue weighted by Gasteiger charge is 2.29. The quantitative estimate of drug-likeness (QED) is 0.856. The first kappa shape index (κ1) is 18.4. The summed E-state index contributed by atoms with van der Waals surface area (Å²) in [7, 11) is 0. The normalized spacial score (nSPS) is 18.6. The molecule has 1 aliphatic heterocycles. The largest absolute Gasteiger partial charge is 0.355 e. The molecule has 0 saturated carbocycles. The number of aryl methyl sites for hydroxylation is 1. The van der Waals surface area contributed by atoms with E-state index >= 15 is 0 Å². The standard InChI is InChI=1S/C19H27N5O2/c1-4-13(3)21-19(25)14-8-7-11-24(12-14)18-15(9-6-10-20-18)17-22-16(5-2)26-23-17/h6,9-10,13-14H,4-5,7-8,11-12H2,1-3H3,(H,21,25)/t13-,14+/m1/s1. The fraction of sp³-hybridized carbons (Fsp3) is 0.579. The molecule has 1 aliphatic rings. The lowest BCUT2D eigenvalue weighted by Gasteiger charge is -2.34. The number of pyridine rings is 1. The van der Waals surface area contributed by atoms with E-state index in [9.17, 15) is 4.79 Å². The second kappa shape index (κ2) is 8.29. The van der Waals surface area contributed by atoms with Crippen LogP contribution in [0, 0.1) is 5.92 Å². The van der Waals surface area contributed by atoms with Crippen molar-refractivity contribution in [3.8, 4) is 11.4 Å². The monoisotopic (exact) mass is 357 g/mol. The van der Waals surface area contributed by atoms with Crippen LogP contribution >= 0.6 is 0 Å². The number of carbonyl (C=O) groups excluding carboxylic acids is 1. The molecule has 2 aromatic rings. The fourth-order valence-electron chi connectivity index (χ4n) is 3.18. The van der Waals surface area contributed by atoms with E-state index in [0.29, 0.717) is 24.7 Å². The minimum Gasteiger partial charge on any atom is -0.355 e. The number of rotatable bonds is 6. The third-order valence-corrected chi connectivity index (χ3v) is 4.89. The highest BCUT2D eigenvalue weighted by atomic mass is 16.5. The SMILES string of the molecule is CCc1nc(-c2cccnc2N2CCC[C@H](C(=O)N[C@H](C)CC)C2)no1. The Morgan fingerprint density at radius 3 is 3.04 bits per heavy atom. The van der Waals surface area contributed by atoms with E-state index in [1.54, 1.807) is 6.20 Å². The summed E-state index contributed by atoms with van der Waals surface area (Å²) in [5.41, 5.74) is 0.846. The topological polar surface area (TPSA) is 84.2 Å². The van der Waals surface area contributed by atoms with E-state index in [4.69, 9.17) is 4.52 Å². The molecule has 2 aromatic heterocycles. The summed E-state index contributed by atoms with van der Waals surface area (Å²) in [6.07, 6.45) is 5.26. The molecule has 0 bridgehead atoms. The zero-order valence-corrected chi connectivity index (χ0v) is 15.7. The molecule has 0 aliphatic carbocycles. The number of carbonyl (C=O) groups is 1.